The number of hydrogen-bond acceptors (Lipinski definition) is 7. The number of hydrogen-bond donors (Lipinski definition) is 1. The monoisotopic (exact) mass is 489 g/mol. The predicted molar refractivity (Wildman–Crippen MR) is 117 cm³/mol. The van der Waals surface area contributed by atoms with E-state index in [0.29, 0.717) is 12.3 Å². The number of nitrogens with zero attached hydrogens (tertiary/aromatic N) is 2. The summed E-state index contributed by atoms with van der Waals surface area (Å²) in [6, 6.07) is 2.30. The third-order valence-corrected chi connectivity index (χ3v) is 7.24. The largest absolute Gasteiger partial charge is 0.474 e. The Morgan fingerprint density at radius 3 is 2.58 bits per heavy atom. The van der Waals surface area contributed by atoms with Crippen molar-refractivity contribution in [2.45, 2.75) is 75.4 Å². The summed E-state index contributed by atoms with van der Waals surface area (Å²) in [5.41, 5.74) is -0.324. The van der Waals surface area contributed by atoms with Crippen molar-refractivity contribution >= 4 is 18.0 Å². The topological polar surface area (TPSA) is 72.9 Å². The standard InChI is InChI=1S/C22H30F3N3O4S/c1-13-11-18(27-33-2)19-12-32-15-5-3-14(4-6-15)17-8-7-16(22(23,24)25)20(26-17)30-9-10-31-21(29)28(13)19/h7-8,13-15,18-19,27H,3-6,9-12H2,1-2H3/t13?,14?,15?,18-,19?/m0/s1. The van der Waals surface area contributed by atoms with Gasteiger partial charge in [-0.2, -0.15) is 13.2 Å². The molecule has 33 heavy (non-hydrogen) atoms. The summed E-state index contributed by atoms with van der Waals surface area (Å²) >= 11 is 1.50. The van der Waals surface area contributed by atoms with E-state index < -0.39 is 23.7 Å². The average molecular weight is 490 g/mol. The molecule has 0 spiro atoms. The fraction of sp³-hybridized carbons (Fsp3) is 0.727. The van der Waals surface area contributed by atoms with Crippen molar-refractivity contribution in [3.63, 3.8) is 0 Å². The molecule has 4 bridgehead atoms. The molecule has 0 radical (unpaired) electrons. The Morgan fingerprint density at radius 2 is 1.88 bits per heavy atom. The van der Waals surface area contributed by atoms with Crippen LogP contribution in [0.25, 0.3) is 0 Å². The maximum Gasteiger partial charge on any atom is 0.421 e. The van der Waals surface area contributed by atoms with Gasteiger partial charge in [-0.15, -0.1) is 0 Å². The van der Waals surface area contributed by atoms with Crippen LogP contribution < -0.4 is 9.46 Å². The molecule has 1 saturated heterocycles. The molecular formula is C22H30F3N3O4S. The van der Waals surface area contributed by atoms with Gasteiger partial charge in [0, 0.05) is 23.7 Å². The normalized spacial score (nSPS) is 31.1. The first-order valence-electron chi connectivity index (χ1n) is 11.3. The van der Waals surface area contributed by atoms with Crippen molar-refractivity contribution in [3.05, 3.63) is 23.4 Å². The van der Waals surface area contributed by atoms with Gasteiger partial charge in [-0.25, -0.2) is 9.78 Å². The first kappa shape index (κ1) is 24.4. The molecule has 0 aromatic carbocycles. The Bertz CT molecular complexity index is 836. The number of aromatic nitrogens is 1. The summed E-state index contributed by atoms with van der Waals surface area (Å²) in [4.78, 5) is 18.8. The molecule has 2 fully saturated rings. The molecule has 1 N–H and O–H groups in total. The van der Waals surface area contributed by atoms with Crippen LogP contribution in [0.4, 0.5) is 18.0 Å². The quantitative estimate of drug-likeness (QED) is 0.619. The van der Waals surface area contributed by atoms with E-state index in [1.807, 2.05) is 13.2 Å². The Balaban J connectivity index is 1.57. The molecule has 3 atom stereocenters. The van der Waals surface area contributed by atoms with E-state index in [9.17, 15) is 18.0 Å². The van der Waals surface area contributed by atoms with Crippen molar-refractivity contribution in [2.75, 3.05) is 26.1 Å². The molecule has 5 rings (SSSR count). The van der Waals surface area contributed by atoms with Crippen LogP contribution in [0.2, 0.25) is 0 Å². The van der Waals surface area contributed by atoms with Gasteiger partial charge < -0.3 is 14.2 Å². The first-order chi connectivity index (χ1) is 15.8. The predicted octanol–water partition coefficient (Wildman–Crippen LogP) is 4.37. The lowest BCUT2D eigenvalue weighted by Crippen LogP contribution is -2.48. The minimum Gasteiger partial charge on any atom is -0.474 e. The van der Waals surface area contributed by atoms with Crippen molar-refractivity contribution in [3.8, 4) is 5.88 Å². The molecule has 184 valence electrons. The second kappa shape index (κ2) is 10.3. The number of carbonyl (C=O) groups is 1. The molecule has 7 nitrogen and oxygen atoms in total. The number of pyridine rings is 1. The number of amides is 1. The zero-order valence-electron chi connectivity index (χ0n) is 18.8. The highest BCUT2D eigenvalue weighted by Gasteiger charge is 2.43. The van der Waals surface area contributed by atoms with Gasteiger partial charge in [0.2, 0.25) is 5.88 Å². The van der Waals surface area contributed by atoms with Crippen LogP contribution >= 0.6 is 11.9 Å². The molecule has 1 saturated carbocycles. The van der Waals surface area contributed by atoms with Crippen molar-refractivity contribution in [1.82, 2.24) is 14.6 Å². The maximum absolute atomic E-state index is 13.5. The van der Waals surface area contributed by atoms with E-state index >= 15 is 0 Å². The number of fused-ring (bicyclic) bond motifs is 7. The molecular weight excluding hydrogens is 459 g/mol. The zero-order valence-corrected chi connectivity index (χ0v) is 19.6. The van der Waals surface area contributed by atoms with E-state index in [1.54, 1.807) is 4.90 Å². The highest BCUT2D eigenvalue weighted by Crippen LogP contribution is 2.39. The van der Waals surface area contributed by atoms with E-state index in [1.165, 1.54) is 18.0 Å². The smallest absolute Gasteiger partial charge is 0.421 e. The van der Waals surface area contributed by atoms with E-state index in [0.717, 1.165) is 38.2 Å². The minimum atomic E-state index is -4.58. The molecule has 4 aliphatic rings. The summed E-state index contributed by atoms with van der Waals surface area (Å²) in [6.45, 7) is 1.98. The Kier molecular flexibility index (Phi) is 7.59. The average Bonchev–Trinajstić information content (AvgIpc) is 3.09. The summed E-state index contributed by atoms with van der Waals surface area (Å²) in [5.74, 6) is -0.396. The fourth-order valence-electron chi connectivity index (χ4n) is 5.06. The van der Waals surface area contributed by atoms with Gasteiger partial charge in [-0.05, 0) is 57.4 Å². The summed E-state index contributed by atoms with van der Waals surface area (Å²) < 4.78 is 60.8. The van der Waals surface area contributed by atoms with Crippen LogP contribution in [0.3, 0.4) is 0 Å². The second-order valence-electron chi connectivity index (χ2n) is 8.84. The van der Waals surface area contributed by atoms with Gasteiger partial charge in [0.25, 0.3) is 0 Å². The van der Waals surface area contributed by atoms with Crippen LogP contribution in [0.1, 0.15) is 56.2 Å². The summed E-state index contributed by atoms with van der Waals surface area (Å²) in [5, 5.41) is 0. The van der Waals surface area contributed by atoms with Crippen LogP contribution in [0.5, 0.6) is 5.88 Å². The zero-order chi connectivity index (χ0) is 23.6. The van der Waals surface area contributed by atoms with Crippen molar-refractivity contribution in [2.24, 2.45) is 0 Å². The number of carbonyl (C=O) groups excluding carboxylic acids is 1. The number of nitrogens with one attached hydrogen (secondary N) is 1. The maximum atomic E-state index is 13.5. The Morgan fingerprint density at radius 1 is 1.15 bits per heavy atom. The van der Waals surface area contributed by atoms with Gasteiger partial charge in [0.15, 0.2) is 0 Å². The minimum absolute atomic E-state index is 0.0445. The third kappa shape index (κ3) is 5.51. The highest BCUT2D eigenvalue weighted by atomic mass is 32.2. The summed E-state index contributed by atoms with van der Waals surface area (Å²) in [6.07, 6.45) is 0.789. The molecule has 1 aromatic rings. The molecule has 11 heteroatoms. The molecule has 3 aliphatic heterocycles. The Hall–Kier alpha value is -1.72. The summed E-state index contributed by atoms with van der Waals surface area (Å²) in [7, 11) is 0. The van der Waals surface area contributed by atoms with Gasteiger partial charge in [0.05, 0.1) is 18.8 Å². The fourth-order valence-corrected chi connectivity index (χ4v) is 5.61. The van der Waals surface area contributed by atoms with Gasteiger partial charge >= 0.3 is 12.3 Å². The Labute approximate surface area is 195 Å². The van der Waals surface area contributed by atoms with Crippen LogP contribution in [0, 0.1) is 0 Å². The number of ether oxygens (including phenoxy) is 3. The number of rotatable bonds is 2. The second-order valence-corrected chi connectivity index (χ2v) is 9.49. The molecule has 4 heterocycles. The lowest BCUT2D eigenvalue weighted by molar-refractivity contribution is -0.139. The SMILES string of the molecule is CSN[C@H]1CC(C)N2C(=O)OCCOc3nc(ccc3C(F)(F)F)C3CCC(CC3)OCC12. The number of alkyl halides is 3. The first-order valence-corrected chi connectivity index (χ1v) is 12.6. The molecule has 1 aliphatic carbocycles. The van der Waals surface area contributed by atoms with Crippen LogP contribution in [-0.4, -0.2) is 66.3 Å². The lowest BCUT2D eigenvalue weighted by Gasteiger charge is -2.33. The van der Waals surface area contributed by atoms with Crippen molar-refractivity contribution in [1.29, 1.82) is 0 Å². The third-order valence-electron chi connectivity index (χ3n) is 6.70. The number of halogens is 3. The van der Waals surface area contributed by atoms with E-state index in [4.69, 9.17) is 14.2 Å². The molecule has 1 aromatic heterocycles. The van der Waals surface area contributed by atoms with Gasteiger partial charge in [-0.1, -0.05) is 11.9 Å². The van der Waals surface area contributed by atoms with Crippen LogP contribution in [-0.2, 0) is 15.7 Å². The van der Waals surface area contributed by atoms with Gasteiger partial charge in [-0.3, -0.25) is 9.62 Å². The van der Waals surface area contributed by atoms with Crippen molar-refractivity contribution < 1.29 is 32.2 Å². The van der Waals surface area contributed by atoms with E-state index in [-0.39, 0.29) is 43.4 Å². The molecule has 2 unspecified atom stereocenters. The molecule has 1 amide bonds. The van der Waals surface area contributed by atoms with Gasteiger partial charge in [0.1, 0.15) is 18.8 Å². The lowest BCUT2D eigenvalue weighted by atomic mass is 9.85. The van der Waals surface area contributed by atoms with Crippen LogP contribution in [0.15, 0.2) is 12.1 Å². The van der Waals surface area contributed by atoms with E-state index in [2.05, 4.69) is 9.71 Å². The highest BCUT2D eigenvalue weighted by molar-refractivity contribution is 7.96.